The third kappa shape index (κ3) is 3.25. The summed E-state index contributed by atoms with van der Waals surface area (Å²) in [5.74, 6) is 0. The van der Waals surface area contributed by atoms with Crippen LogP contribution >= 0.6 is 58.0 Å². The first-order chi connectivity index (χ1) is 7.23. The van der Waals surface area contributed by atoms with Crippen LogP contribution < -0.4 is 0 Å². The summed E-state index contributed by atoms with van der Waals surface area (Å²) < 4.78 is -1.79. The molecule has 0 aliphatic heterocycles. The van der Waals surface area contributed by atoms with Crippen LogP contribution in [0.3, 0.4) is 0 Å². The van der Waals surface area contributed by atoms with E-state index < -0.39 is 13.6 Å². The van der Waals surface area contributed by atoms with Crippen molar-refractivity contribution in [2.45, 2.75) is 8.63 Å². The van der Waals surface area contributed by atoms with Gasteiger partial charge in [-0.3, -0.25) is 10.1 Å². The Bertz CT molecular complexity index is 418. The van der Waals surface area contributed by atoms with E-state index in [-0.39, 0.29) is 16.9 Å². The number of nitro groups is 1. The lowest BCUT2D eigenvalue weighted by molar-refractivity contribution is -0.385. The van der Waals surface area contributed by atoms with Gasteiger partial charge in [-0.25, -0.2) is 4.98 Å². The molecule has 88 valence electrons. The Morgan fingerprint density at radius 1 is 1.38 bits per heavy atom. The van der Waals surface area contributed by atoms with Gasteiger partial charge in [-0.2, -0.15) is 0 Å². The molecule has 0 aromatic carbocycles. The van der Waals surface area contributed by atoms with E-state index in [1.165, 1.54) is 6.07 Å². The number of hydrogen-bond donors (Lipinski definition) is 0. The lowest BCUT2D eigenvalue weighted by atomic mass is 10.2. The van der Waals surface area contributed by atoms with Gasteiger partial charge in [0.15, 0.2) is 0 Å². The Morgan fingerprint density at radius 3 is 2.31 bits per heavy atom. The highest BCUT2D eigenvalue weighted by Crippen LogP contribution is 2.40. The zero-order chi connectivity index (χ0) is 12.5. The van der Waals surface area contributed by atoms with Crippen LogP contribution in [0.25, 0.3) is 0 Å². The molecule has 1 heterocycles. The maximum absolute atomic E-state index is 10.6. The molecule has 0 unspecified atom stereocenters. The summed E-state index contributed by atoms with van der Waals surface area (Å²) in [5, 5.41) is 10.6. The molecule has 0 fully saturated rings. The molecule has 4 nitrogen and oxygen atoms in total. The van der Waals surface area contributed by atoms with Crippen molar-refractivity contribution in [3.8, 4) is 0 Å². The van der Waals surface area contributed by atoms with Crippen molar-refractivity contribution in [1.82, 2.24) is 4.98 Å². The van der Waals surface area contributed by atoms with Crippen LogP contribution in [0.4, 0.5) is 5.69 Å². The summed E-state index contributed by atoms with van der Waals surface area (Å²) in [6.45, 7) is 0. The number of alkyl halides is 5. The van der Waals surface area contributed by atoms with Crippen molar-refractivity contribution in [3.63, 3.8) is 0 Å². The van der Waals surface area contributed by atoms with Gasteiger partial charge in [0.05, 0.1) is 16.2 Å². The molecule has 0 atom stereocenters. The highest BCUT2D eigenvalue weighted by atomic mass is 35.6. The lowest BCUT2D eigenvalue weighted by Crippen LogP contribution is -2.06. The quantitative estimate of drug-likeness (QED) is 0.463. The molecular weight excluding hydrogens is 321 g/mol. The summed E-state index contributed by atoms with van der Waals surface area (Å²) in [4.78, 5) is 12.5. The molecule has 0 bridgehead atoms. The number of halogens is 5. The van der Waals surface area contributed by atoms with E-state index in [1.807, 2.05) is 0 Å². The van der Waals surface area contributed by atoms with Gasteiger partial charge in [-0.1, -0.05) is 58.0 Å². The third-order valence-corrected chi connectivity index (χ3v) is 2.69. The van der Waals surface area contributed by atoms with Crippen LogP contribution in [0.1, 0.15) is 16.1 Å². The fourth-order valence-electron chi connectivity index (χ4n) is 0.946. The topological polar surface area (TPSA) is 56.0 Å². The SMILES string of the molecule is O=[N+]([O-])c1cnc(C(Cl)(Cl)Cl)cc1C(Cl)Cl. The molecular formula is C7H3Cl5N2O2. The molecule has 0 spiro atoms. The van der Waals surface area contributed by atoms with E-state index in [9.17, 15) is 10.1 Å². The first-order valence-corrected chi connectivity index (χ1v) is 5.74. The standard InChI is InChI=1S/C7H3Cl5N2O2/c8-6(9)3-1-5(7(10,11)12)13-2-4(3)14(15)16/h1-2,6H. The number of rotatable bonds is 2. The van der Waals surface area contributed by atoms with Crippen LogP contribution in [0.2, 0.25) is 0 Å². The molecule has 0 saturated heterocycles. The molecule has 0 amide bonds. The minimum Gasteiger partial charge on any atom is -0.258 e. The second-order valence-electron chi connectivity index (χ2n) is 2.68. The van der Waals surface area contributed by atoms with Crippen molar-refractivity contribution in [3.05, 3.63) is 33.6 Å². The second-order valence-corrected chi connectivity index (χ2v) is 6.06. The predicted octanol–water partition coefficient (Wildman–Crippen LogP) is 4.29. The minimum absolute atomic E-state index is 0.0180. The van der Waals surface area contributed by atoms with Crippen LogP contribution in [0.5, 0.6) is 0 Å². The lowest BCUT2D eigenvalue weighted by Gasteiger charge is -2.11. The maximum Gasteiger partial charge on any atom is 0.293 e. The van der Waals surface area contributed by atoms with Gasteiger partial charge in [0, 0.05) is 0 Å². The molecule has 1 aromatic heterocycles. The normalized spacial score (nSPS) is 11.9. The van der Waals surface area contributed by atoms with E-state index in [0.717, 1.165) is 6.20 Å². The second kappa shape index (κ2) is 5.10. The fraction of sp³-hybridized carbons (Fsp3) is 0.286. The first-order valence-electron chi connectivity index (χ1n) is 3.73. The van der Waals surface area contributed by atoms with Crippen molar-refractivity contribution in [2.75, 3.05) is 0 Å². The summed E-state index contributed by atoms with van der Waals surface area (Å²) in [6, 6.07) is 1.19. The average Bonchev–Trinajstić information content (AvgIpc) is 2.15. The van der Waals surface area contributed by atoms with Gasteiger partial charge in [-0.15, -0.1) is 0 Å². The molecule has 1 aromatic rings. The van der Waals surface area contributed by atoms with Gasteiger partial charge >= 0.3 is 0 Å². The van der Waals surface area contributed by atoms with Gasteiger partial charge in [0.1, 0.15) is 11.0 Å². The number of pyridine rings is 1. The largest absolute Gasteiger partial charge is 0.293 e. The summed E-state index contributed by atoms with van der Waals surface area (Å²) in [7, 11) is 0. The fourth-order valence-corrected chi connectivity index (χ4v) is 1.61. The summed E-state index contributed by atoms with van der Waals surface area (Å²) in [5.41, 5.74) is -0.276. The van der Waals surface area contributed by atoms with Gasteiger partial charge in [0.2, 0.25) is 3.79 Å². The van der Waals surface area contributed by atoms with Crippen molar-refractivity contribution >= 4 is 63.7 Å². The van der Waals surface area contributed by atoms with Gasteiger partial charge in [-0.05, 0) is 6.07 Å². The van der Waals surface area contributed by atoms with Crippen LogP contribution in [0.15, 0.2) is 12.3 Å². The highest BCUT2D eigenvalue weighted by Gasteiger charge is 2.29. The molecule has 1 rings (SSSR count). The third-order valence-electron chi connectivity index (χ3n) is 1.64. The van der Waals surface area contributed by atoms with Crippen LogP contribution in [-0.4, -0.2) is 9.91 Å². The predicted molar refractivity (Wildman–Crippen MR) is 64.6 cm³/mol. The maximum atomic E-state index is 10.6. The summed E-state index contributed by atoms with van der Waals surface area (Å²) >= 11 is 27.9. The number of nitrogens with zero attached hydrogens (tertiary/aromatic N) is 2. The Morgan fingerprint density at radius 2 is 1.94 bits per heavy atom. The average molecular weight is 324 g/mol. The van der Waals surface area contributed by atoms with Crippen LogP contribution in [-0.2, 0) is 3.79 Å². The van der Waals surface area contributed by atoms with E-state index in [1.54, 1.807) is 0 Å². The minimum atomic E-state index is -1.79. The first kappa shape index (κ1) is 14.1. The Hall–Kier alpha value is 0.000000000000000111. The molecule has 16 heavy (non-hydrogen) atoms. The molecule has 9 heteroatoms. The van der Waals surface area contributed by atoms with E-state index in [0.29, 0.717) is 0 Å². The zero-order valence-electron chi connectivity index (χ0n) is 7.33. The van der Waals surface area contributed by atoms with Gasteiger partial charge < -0.3 is 0 Å². The Kier molecular flexibility index (Phi) is 4.49. The van der Waals surface area contributed by atoms with Crippen molar-refractivity contribution in [2.24, 2.45) is 0 Å². The number of hydrogen-bond acceptors (Lipinski definition) is 3. The molecule has 0 aliphatic rings. The van der Waals surface area contributed by atoms with Crippen molar-refractivity contribution < 1.29 is 4.92 Å². The zero-order valence-corrected chi connectivity index (χ0v) is 11.1. The Labute approximate surface area is 116 Å². The molecule has 0 saturated carbocycles. The summed E-state index contributed by atoms with van der Waals surface area (Å²) in [6.07, 6.45) is 0.949. The smallest absolute Gasteiger partial charge is 0.258 e. The highest BCUT2D eigenvalue weighted by molar-refractivity contribution is 6.66. The van der Waals surface area contributed by atoms with Gasteiger partial charge in [0.25, 0.3) is 5.69 Å². The molecule has 0 radical (unpaired) electrons. The van der Waals surface area contributed by atoms with E-state index in [4.69, 9.17) is 58.0 Å². The number of aromatic nitrogens is 1. The molecule has 0 aliphatic carbocycles. The molecule has 0 N–H and O–H groups in total. The monoisotopic (exact) mass is 322 g/mol. The van der Waals surface area contributed by atoms with Crippen molar-refractivity contribution in [1.29, 1.82) is 0 Å². The van der Waals surface area contributed by atoms with Crippen LogP contribution in [0, 0.1) is 10.1 Å². The van der Waals surface area contributed by atoms with E-state index in [2.05, 4.69) is 4.98 Å². The van der Waals surface area contributed by atoms with E-state index >= 15 is 0 Å². The Balaban J connectivity index is 3.34.